The Hall–Kier alpha value is -3.17. The number of aryl methyl sites for hydroxylation is 2. The minimum Gasteiger partial charge on any atom is -0.490 e. The number of benzene rings is 3. The number of aliphatic imine (C=N–C) groups is 1. The van der Waals surface area contributed by atoms with E-state index in [0.717, 1.165) is 47.9 Å². The Balaban J connectivity index is 1.38. The van der Waals surface area contributed by atoms with E-state index in [0.29, 0.717) is 52.7 Å². The van der Waals surface area contributed by atoms with Crippen molar-refractivity contribution in [2.45, 2.75) is 57.7 Å². The summed E-state index contributed by atoms with van der Waals surface area (Å²) in [5.41, 5.74) is 15.4. The van der Waals surface area contributed by atoms with E-state index in [1.165, 1.54) is 0 Å². The standard InChI is InChI=1S/C33H39Cl3N4O4/c1-21-16-28(35)31(29(36)17-21)44-15-14-43-26-10-5-23(6-11-26)19-30(39-33(37)38)32(41)40(25-8-9-25)20-24-18-22(4-3-13-42-2)7-12-27(24)34/h5-7,10-12,16-18,25,30H,3-4,8-9,13-15,19-20H2,1-2H3,(H4,37,38,39). The first-order chi connectivity index (χ1) is 21.1. The fourth-order valence-corrected chi connectivity index (χ4v) is 5.80. The van der Waals surface area contributed by atoms with Gasteiger partial charge in [-0.15, -0.1) is 0 Å². The van der Waals surface area contributed by atoms with Gasteiger partial charge < -0.3 is 30.6 Å². The van der Waals surface area contributed by atoms with Crippen LogP contribution in [0.5, 0.6) is 11.5 Å². The van der Waals surface area contributed by atoms with Crippen molar-refractivity contribution >= 4 is 46.7 Å². The molecule has 1 aliphatic rings. The summed E-state index contributed by atoms with van der Waals surface area (Å²) in [5, 5.41) is 1.54. The molecule has 1 saturated carbocycles. The summed E-state index contributed by atoms with van der Waals surface area (Å²) in [4.78, 5) is 20.1. The quantitative estimate of drug-likeness (QED) is 0.105. The molecular formula is C33H39Cl3N4O4. The summed E-state index contributed by atoms with van der Waals surface area (Å²) < 4.78 is 16.7. The molecule has 0 radical (unpaired) electrons. The van der Waals surface area contributed by atoms with Gasteiger partial charge in [0.05, 0.1) is 10.0 Å². The van der Waals surface area contributed by atoms with Gasteiger partial charge in [0.25, 0.3) is 0 Å². The second-order valence-electron chi connectivity index (χ2n) is 10.9. The maximum Gasteiger partial charge on any atom is 0.248 e. The summed E-state index contributed by atoms with van der Waals surface area (Å²) in [5.74, 6) is 0.826. The molecule has 11 heteroatoms. The highest BCUT2D eigenvalue weighted by atomic mass is 35.5. The van der Waals surface area contributed by atoms with Crippen LogP contribution in [0, 0.1) is 6.92 Å². The van der Waals surface area contributed by atoms with Crippen LogP contribution in [0.25, 0.3) is 0 Å². The van der Waals surface area contributed by atoms with E-state index in [1.54, 1.807) is 19.2 Å². The van der Waals surface area contributed by atoms with Crippen LogP contribution >= 0.6 is 34.8 Å². The molecule has 0 bridgehead atoms. The first kappa shape index (κ1) is 33.7. The SMILES string of the molecule is COCCCc1ccc(Cl)c(CN(C(=O)C(Cc2ccc(OCCOc3c(Cl)cc(C)cc3Cl)cc2)N=C(N)N)C2CC2)c1. The molecule has 44 heavy (non-hydrogen) atoms. The van der Waals surface area contributed by atoms with E-state index >= 15 is 0 Å². The zero-order valence-corrected chi connectivity index (χ0v) is 27.3. The van der Waals surface area contributed by atoms with E-state index in [2.05, 4.69) is 11.1 Å². The third-order valence-corrected chi connectivity index (χ3v) is 8.15. The average molecular weight is 662 g/mol. The van der Waals surface area contributed by atoms with Crippen LogP contribution in [-0.2, 0) is 28.9 Å². The van der Waals surface area contributed by atoms with Gasteiger partial charge in [0.1, 0.15) is 25.0 Å². The van der Waals surface area contributed by atoms with Crippen molar-refractivity contribution in [2.24, 2.45) is 16.5 Å². The van der Waals surface area contributed by atoms with Gasteiger partial charge in [-0.05, 0) is 85.2 Å². The maximum absolute atomic E-state index is 13.9. The molecule has 0 saturated heterocycles. The van der Waals surface area contributed by atoms with Crippen molar-refractivity contribution in [1.82, 2.24) is 4.90 Å². The summed E-state index contributed by atoms with van der Waals surface area (Å²) in [6.07, 6.45) is 3.98. The van der Waals surface area contributed by atoms with Crippen LogP contribution in [0.4, 0.5) is 0 Å². The Kier molecular flexibility index (Phi) is 12.4. The van der Waals surface area contributed by atoms with Crippen LogP contribution in [0.3, 0.4) is 0 Å². The molecule has 1 fully saturated rings. The second kappa shape index (κ2) is 16.2. The number of carbonyl (C=O) groups excluding carboxylic acids is 1. The highest BCUT2D eigenvalue weighted by Gasteiger charge is 2.36. The van der Waals surface area contributed by atoms with Gasteiger partial charge in [-0.2, -0.15) is 0 Å². The number of amides is 1. The number of methoxy groups -OCH3 is 1. The zero-order valence-electron chi connectivity index (χ0n) is 25.0. The Bertz CT molecular complexity index is 1420. The lowest BCUT2D eigenvalue weighted by Crippen LogP contribution is -2.42. The molecule has 0 heterocycles. The average Bonchev–Trinajstić information content (AvgIpc) is 3.82. The minimum absolute atomic E-state index is 0.132. The minimum atomic E-state index is -0.770. The molecule has 0 aromatic heterocycles. The Morgan fingerprint density at radius 1 is 0.932 bits per heavy atom. The highest BCUT2D eigenvalue weighted by Crippen LogP contribution is 2.34. The molecule has 1 atom stereocenters. The Morgan fingerprint density at radius 2 is 1.59 bits per heavy atom. The van der Waals surface area contributed by atoms with E-state index < -0.39 is 6.04 Å². The first-order valence-electron chi connectivity index (χ1n) is 14.6. The molecule has 1 aliphatic carbocycles. The number of nitrogens with two attached hydrogens (primary N) is 2. The van der Waals surface area contributed by atoms with E-state index in [-0.39, 0.29) is 24.5 Å². The molecule has 236 valence electrons. The highest BCUT2D eigenvalue weighted by molar-refractivity contribution is 6.37. The van der Waals surface area contributed by atoms with Gasteiger partial charge in [-0.25, -0.2) is 4.99 Å². The molecule has 8 nitrogen and oxygen atoms in total. The number of carbonyl (C=O) groups is 1. The van der Waals surface area contributed by atoms with Crippen molar-refractivity contribution < 1.29 is 19.0 Å². The van der Waals surface area contributed by atoms with Crippen LogP contribution < -0.4 is 20.9 Å². The number of hydrogen-bond acceptors (Lipinski definition) is 5. The molecule has 3 aromatic rings. The number of ether oxygens (including phenoxy) is 3. The molecule has 1 amide bonds. The fraction of sp³-hybridized carbons (Fsp3) is 0.394. The Morgan fingerprint density at radius 3 is 2.23 bits per heavy atom. The van der Waals surface area contributed by atoms with Gasteiger partial charge in [0.15, 0.2) is 11.7 Å². The van der Waals surface area contributed by atoms with Crippen LogP contribution in [-0.4, -0.2) is 55.8 Å². The van der Waals surface area contributed by atoms with E-state index in [1.807, 2.05) is 48.2 Å². The second-order valence-corrected chi connectivity index (χ2v) is 12.1. The van der Waals surface area contributed by atoms with Crippen molar-refractivity contribution in [1.29, 1.82) is 0 Å². The van der Waals surface area contributed by atoms with Crippen molar-refractivity contribution in [3.8, 4) is 11.5 Å². The topological polar surface area (TPSA) is 112 Å². The van der Waals surface area contributed by atoms with Crippen LogP contribution in [0.2, 0.25) is 15.1 Å². The van der Waals surface area contributed by atoms with Crippen molar-refractivity contribution in [3.63, 3.8) is 0 Å². The molecule has 0 aliphatic heterocycles. The molecule has 3 aromatic carbocycles. The summed E-state index contributed by atoms with van der Waals surface area (Å²) >= 11 is 19.1. The summed E-state index contributed by atoms with van der Waals surface area (Å²) in [6.45, 7) is 3.55. The van der Waals surface area contributed by atoms with Gasteiger partial charge >= 0.3 is 0 Å². The van der Waals surface area contributed by atoms with Crippen molar-refractivity contribution in [2.75, 3.05) is 26.9 Å². The smallest absolute Gasteiger partial charge is 0.248 e. The fourth-order valence-electron chi connectivity index (χ4n) is 4.91. The third kappa shape index (κ3) is 9.92. The largest absolute Gasteiger partial charge is 0.490 e. The molecule has 4 rings (SSSR count). The lowest BCUT2D eigenvalue weighted by molar-refractivity contribution is -0.133. The summed E-state index contributed by atoms with van der Waals surface area (Å²) in [6, 6.07) is 16.4. The molecular weight excluding hydrogens is 623 g/mol. The molecule has 4 N–H and O–H groups in total. The molecule has 1 unspecified atom stereocenters. The number of guanidine groups is 1. The predicted octanol–water partition coefficient (Wildman–Crippen LogP) is 6.37. The first-order valence-corrected chi connectivity index (χ1v) is 15.7. The number of hydrogen-bond donors (Lipinski definition) is 2. The van der Waals surface area contributed by atoms with Gasteiger partial charge in [-0.3, -0.25) is 4.79 Å². The Labute approximate surface area is 274 Å². The number of rotatable bonds is 16. The van der Waals surface area contributed by atoms with Crippen LogP contribution in [0.1, 0.15) is 41.5 Å². The summed E-state index contributed by atoms with van der Waals surface area (Å²) in [7, 11) is 1.69. The monoisotopic (exact) mass is 660 g/mol. The normalized spacial score (nSPS) is 13.3. The zero-order chi connectivity index (χ0) is 31.6. The van der Waals surface area contributed by atoms with Crippen LogP contribution in [0.15, 0.2) is 59.6 Å². The van der Waals surface area contributed by atoms with Gasteiger partial charge in [-0.1, -0.05) is 59.1 Å². The lowest BCUT2D eigenvalue weighted by Gasteiger charge is -2.27. The maximum atomic E-state index is 13.9. The van der Waals surface area contributed by atoms with Gasteiger partial charge in [0, 0.05) is 37.7 Å². The predicted molar refractivity (Wildman–Crippen MR) is 177 cm³/mol. The number of nitrogens with zero attached hydrogens (tertiary/aromatic N) is 2. The van der Waals surface area contributed by atoms with Gasteiger partial charge in [0.2, 0.25) is 5.91 Å². The lowest BCUT2D eigenvalue weighted by atomic mass is 10.0. The van der Waals surface area contributed by atoms with E-state index in [4.69, 9.17) is 60.5 Å². The number of halogens is 3. The van der Waals surface area contributed by atoms with Crippen molar-refractivity contribution in [3.05, 3.63) is 91.9 Å². The van der Waals surface area contributed by atoms with E-state index in [9.17, 15) is 4.79 Å². The third-order valence-electron chi connectivity index (χ3n) is 7.22. The molecule has 0 spiro atoms.